The summed E-state index contributed by atoms with van der Waals surface area (Å²) in [4.78, 5) is 19.8. The molecule has 0 bridgehead atoms. The van der Waals surface area contributed by atoms with Gasteiger partial charge in [-0.15, -0.1) is 0 Å². The van der Waals surface area contributed by atoms with Crippen LogP contribution in [0.5, 0.6) is 0 Å². The second-order valence-electron chi connectivity index (χ2n) is 5.69. The molecule has 0 N–H and O–H groups in total. The van der Waals surface area contributed by atoms with Gasteiger partial charge in [0.2, 0.25) is 0 Å². The number of pyridine rings is 1. The maximum Gasteiger partial charge on any atom is 0.195 e. The average Bonchev–Trinajstić information content (AvgIpc) is 2.88. The lowest BCUT2D eigenvalue weighted by Crippen LogP contribution is -2.18. The Morgan fingerprint density at radius 2 is 1.92 bits per heavy atom. The second-order valence-corrected chi connectivity index (χ2v) is 6.63. The second kappa shape index (κ2) is 7.00. The van der Waals surface area contributed by atoms with Crippen molar-refractivity contribution in [2.45, 2.75) is 30.7 Å². The van der Waals surface area contributed by atoms with Crippen LogP contribution in [0.25, 0.3) is 0 Å². The Balaban J connectivity index is 1.76. The molecule has 0 aliphatic rings. The van der Waals surface area contributed by atoms with E-state index in [1.54, 1.807) is 6.20 Å². The molecule has 3 aromatic rings. The fourth-order valence-corrected chi connectivity index (χ4v) is 3.30. The molecule has 0 unspecified atom stereocenters. The van der Waals surface area contributed by atoms with Crippen LogP contribution in [0.2, 0.25) is 0 Å². The van der Waals surface area contributed by atoms with Crippen molar-refractivity contribution in [3.63, 3.8) is 0 Å². The van der Waals surface area contributed by atoms with E-state index < -0.39 is 0 Å². The van der Waals surface area contributed by atoms with Gasteiger partial charge < -0.3 is 9.47 Å². The largest absolute Gasteiger partial charge is 0.367 e. The Morgan fingerprint density at radius 3 is 2.58 bits per heavy atom. The van der Waals surface area contributed by atoms with Gasteiger partial charge in [-0.2, -0.15) is 0 Å². The maximum atomic E-state index is 4.52. The first-order valence-electron chi connectivity index (χ1n) is 7.65. The number of anilines is 1. The number of aromatic nitrogens is 5. The smallest absolute Gasteiger partial charge is 0.195 e. The van der Waals surface area contributed by atoms with Gasteiger partial charge in [-0.25, -0.2) is 15.0 Å². The van der Waals surface area contributed by atoms with E-state index in [2.05, 4.69) is 29.4 Å². The highest BCUT2D eigenvalue weighted by Crippen LogP contribution is 2.25. The quantitative estimate of drug-likeness (QED) is 0.666. The average molecular weight is 340 g/mol. The Bertz CT molecular complexity index is 810. The van der Waals surface area contributed by atoms with Crippen molar-refractivity contribution < 1.29 is 0 Å². The number of hydrogen-bond donors (Lipinski definition) is 0. The van der Waals surface area contributed by atoms with Crippen molar-refractivity contribution in [3.8, 4) is 0 Å². The highest BCUT2D eigenvalue weighted by molar-refractivity contribution is 7.99. The van der Waals surface area contributed by atoms with Gasteiger partial charge in [0, 0.05) is 31.7 Å². The van der Waals surface area contributed by atoms with Gasteiger partial charge in [0.25, 0.3) is 0 Å². The SMILES string of the molecule is Cc1cc(C)nc(Sc2ncc(CN(C)c3cccnc3)n2C)n1. The van der Waals surface area contributed by atoms with E-state index in [1.165, 1.54) is 11.8 Å². The monoisotopic (exact) mass is 340 g/mol. The molecule has 0 radical (unpaired) electrons. The van der Waals surface area contributed by atoms with E-state index in [4.69, 9.17) is 0 Å². The fraction of sp³-hybridized carbons (Fsp3) is 0.294. The summed E-state index contributed by atoms with van der Waals surface area (Å²) in [6.45, 7) is 4.71. The van der Waals surface area contributed by atoms with Crippen LogP contribution in [-0.4, -0.2) is 31.6 Å². The van der Waals surface area contributed by atoms with Gasteiger partial charge in [-0.05, 0) is 43.8 Å². The highest BCUT2D eigenvalue weighted by Gasteiger charge is 2.12. The van der Waals surface area contributed by atoms with Crippen molar-refractivity contribution in [3.05, 3.63) is 53.9 Å². The first-order valence-corrected chi connectivity index (χ1v) is 8.46. The number of imidazole rings is 1. The van der Waals surface area contributed by atoms with Crippen LogP contribution in [-0.2, 0) is 13.6 Å². The fourth-order valence-electron chi connectivity index (χ4n) is 2.40. The minimum atomic E-state index is 0.730. The zero-order valence-corrected chi connectivity index (χ0v) is 15.1. The van der Waals surface area contributed by atoms with E-state index >= 15 is 0 Å². The normalized spacial score (nSPS) is 10.8. The molecule has 0 spiro atoms. The van der Waals surface area contributed by atoms with E-state index in [-0.39, 0.29) is 0 Å². The third kappa shape index (κ3) is 3.73. The van der Waals surface area contributed by atoms with Crippen molar-refractivity contribution in [1.29, 1.82) is 0 Å². The molecule has 0 saturated heterocycles. The number of hydrogen-bond acceptors (Lipinski definition) is 6. The molecule has 124 valence electrons. The van der Waals surface area contributed by atoms with Gasteiger partial charge in [0.1, 0.15) is 0 Å². The molecule has 0 atom stereocenters. The third-order valence-corrected chi connectivity index (χ3v) is 4.60. The maximum absolute atomic E-state index is 4.52. The lowest BCUT2D eigenvalue weighted by atomic mass is 10.3. The number of aryl methyl sites for hydroxylation is 2. The van der Waals surface area contributed by atoms with Gasteiger partial charge in [0.05, 0.1) is 30.3 Å². The molecule has 0 amide bonds. The van der Waals surface area contributed by atoms with E-state index in [0.29, 0.717) is 0 Å². The van der Waals surface area contributed by atoms with Gasteiger partial charge in [-0.1, -0.05) is 0 Å². The first kappa shape index (κ1) is 16.4. The molecular weight excluding hydrogens is 320 g/mol. The summed E-state index contributed by atoms with van der Waals surface area (Å²) in [5.41, 5.74) is 4.13. The zero-order chi connectivity index (χ0) is 17.1. The first-order chi connectivity index (χ1) is 11.5. The summed E-state index contributed by atoms with van der Waals surface area (Å²) in [7, 11) is 4.06. The lowest BCUT2D eigenvalue weighted by Gasteiger charge is -2.18. The summed E-state index contributed by atoms with van der Waals surface area (Å²) >= 11 is 1.49. The predicted molar refractivity (Wildman–Crippen MR) is 95.2 cm³/mol. The highest BCUT2D eigenvalue weighted by atomic mass is 32.2. The molecule has 24 heavy (non-hydrogen) atoms. The van der Waals surface area contributed by atoms with E-state index in [0.717, 1.165) is 39.6 Å². The van der Waals surface area contributed by atoms with Crippen LogP contribution in [0, 0.1) is 13.8 Å². The molecule has 0 aromatic carbocycles. The molecule has 0 saturated carbocycles. The molecule has 7 heteroatoms. The van der Waals surface area contributed by atoms with Crippen molar-refractivity contribution in [1.82, 2.24) is 24.5 Å². The molecule has 0 aliphatic heterocycles. The lowest BCUT2D eigenvalue weighted by molar-refractivity contribution is 0.721. The summed E-state index contributed by atoms with van der Waals surface area (Å²) in [6.07, 6.45) is 5.53. The Morgan fingerprint density at radius 1 is 1.17 bits per heavy atom. The molecule has 3 heterocycles. The van der Waals surface area contributed by atoms with Crippen molar-refractivity contribution in [2.75, 3.05) is 11.9 Å². The minimum Gasteiger partial charge on any atom is -0.367 e. The summed E-state index contributed by atoms with van der Waals surface area (Å²) in [5, 5.41) is 1.61. The van der Waals surface area contributed by atoms with Crippen LogP contribution in [0.15, 0.2) is 47.1 Å². The van der Waals surface area contributed by atoms with Gasteiger partial charge >= 0.3 is 0 Å². The summed E-state index contributed by atoms with van der Waals surface area (Å²) in [6, 6.07) is 5.95. The summed E-state index contributed by atoms with van der Waals surface area (Å²) in [5.74, 6) is 0. The predicted octanol–water partition coefficient (Wildman–Crippen LogP) is 3.01. The Labute approximate surface area is 146 Å². The van der Waals surface area contributed by atoms with Crippen LogP contribution in [0.4, 0.5) is 5.69 Å². The zero-order valence-electron chi connectivity index (χ0n) is 14.3. The van der Waals surface area contributed by atoms with Crippen molar-refractivity contribution >= 4 is 17.4 Å². The van der Waals surface area contributed by atoms with E-state index in [9.17, 15) is 0 Å². The van der Waals surface area contributed by atoms with Crippen LogP contribution in [0.1, 0.15) is 17.1 Å². The number of rotatable bonds is 5. The Hall–Kier alpha value is -2.41. The minimum absolute atomic E-state index is 0.730. The van der Waals surface area contributed by atoms with Crippen LogP contribution >= 0.6 is 11.8 Å². The molecule has 3 rings (SSSR count). The van der Waals surface area contributed by atoms with Crippen LogP contribution in [0.3, 0.4) is 0 Å². The van der Waals surface area contributed by atoms with Gasteiger partial charge in [0.15, 0.2) is 10.3 Å². The van der Waals surface area contributed by atoms with E-state index in [1.807, 2.05) is 58.5 Å². The molecule has 6 nitrogen and oxygen atoms in total. The molecule has 3 aromatic heterocycles. The molecule has 0 fully saturated rings. The molecule has 0 aliphatic carbocycles. The molecular formula is C17H20N6S. The summed E-state index contributed by atoms with van der Waals surface area (Å²) < 4.78 is 2.08. The third-order valence-electron chi connectivity index (χ3n) is 3.67. The van der Waals surface area contributed by atoms with Crippen molar-refractivity contribution in [2.24, 2.45) is 7.05 Å². The van der Waals surface area contributed by atoms with Gasteiger partial charge in [-0.3, -0.25) is 4.98 Å². The number of nitrogens with zero attached hydrogens (tertiary/aromatic N) is 6. The standard InChI is InChI=1S/C17H20N6S/c1-12-8-13(2)21-16(20-12)24-17-19-10-15(23(17)4)11-22(3)14-6-5-7-18-9-14/h5-10H,11H2,1-4H3. The van der Waals surface area contributed by atoms with Crippen LogP contribution < -0.4 is 4.90 Å². The topological polar surface area (TPSA) is 59.7 Å². The Kier molecular flexibility index (Phi) is 4.80.